The molecule has 0 aliphatic carbocycles. The molecule has 1 aliphatic heterocycles. The Bertz CT molecular complexity index is 662. The van der Waals surface area contributed by atoms with Crippen LogP contribution in [0.15, 0.2) is 54.1 Å². The van der Waals surface area contributed by atoms with Gasteiger partial charge in [0.25, 0.3) is 0 Å². The van der Waals surface area contributed by atoms with Crippen LogP contribution in [0.5, 0.6) is 11.5 Å². The minimum Gasteiger partial charge on any atom is -0.492 e. The smallest absolute Gasteiger partial charge is 0.130 e. The number of aliphatic hydroxyl groups excluding tert-OH is 1. The first-order valence-electron chi connectivity index (χ1n) is 8.09. The number of hydrogen-bond donors (Lipinski definition) is 1. The first kappa shape index (κ1) is 15.6. The van der Waals surface area contributed by atoms with E-state index in [0.29, 0.717) is 13.2 Å². The van der Waals surface area contributed by atoms with Gasteiger partial charge in [0, 0.05) is 24.7 Å². The van der Waals surface area contributed by atoms with Crippen LogP contribution in [0, 0.1) is 0 Å². The van der Waals surface area contributed by atoms with Gasteiger partial charge in [-0.3, -0.25) is 0 Å². The summed E-state index contributed by atoms with van der Waals surface area (Å²) >= 11 is 0. The summed E-state index contributed by atoms with van der Waals surface area (Å²) in [5.74, 6) is 1.69. The van der Waals surface area contributed by atoms with Crippen LogP contribution in [0.2, 0.25) is 0 Å². The van der Waals surface area contributed by atoms with Crippen LogP contribution >= 0.6 is 0 Å². The fourth-order valence-corrected chi connectivity index (χ4v) is 2.68. The highest BCUT2D eigenvalue weighted by Crippen LogP contribution is 2.31. The van der Waals surface area contributed by atoms with E-state index in [9.17, 15) is 0 Å². The van der Waals surface area contributed by atoms with Crippen molar-refractivity contribution in [1.29, 1.82) is 0 Å². The monoisotopic (exact) mass is 310 g/mol. The Labute approximate surface area is 137 Å². The molecule has 0 bridgehead atoms. The summed E-state index contributed by atoms with van der Waals surface area (Å²) < 4.78 is 11.7. The van der Waals surface area contributed by atoms with Gasteiger partial charge < -0.3 is 14.6 Å². The van der Waals surface area contributed by atoms with Gasteiger partial charge >= 0.3 is 0 Å². The molecule has 0 atom stereocenters. The first-order chi connectivity index (χ1) is 11.3. The minimum atomic E-state index is 0.233. The summed E-state index contributed by atoms with van der Waals surface area (Å²) in [5, 5.41) is 8.98. The van der Waals surface area contributed by atoms with Gasteiger partial charge in [-0.25, -0.2) is 0 Å². The molecule has 23 heavy (non-hydrogen) atoms. The van der Waals surface area contributed by atoms with Crippen molar-refractivity contribution >= 4 is 6.08 Å². The lowest BCUT2D eigenvalue weighted by atomic mass is 10.0. The van der Waals surface area contributed by atoms with Crippen LogP contribution in [0.1, 0.15) is 30.4 Å². The number of aliphatic hydroxyl groups is 1. The van der Waals surface area contributed by atoms with Crippen LogP contribution in [-0.4, -0.2) is 18.3 Å². The first-order valence-corrected chi connectivity index (χ1v) is 8.09. The third-order valence-corrected chi connectivity index (χ3v) is 3.93. The van der Waals surface area contributed by atoms with Gasteiger partial charge in [0.2, 0.25) is 0 Å². The molecule has 0 unspecified atom stereocenters. The molecule has 0 radical (unpaired) electrons. The number of benzene rings is 2. The van der Waals surface area contributed by atoms with Crippen molar-refractivity contribution in [2.24, 2.45) is 0 Å². The predicted octanol–water partition coefficient (Wildman–Crippen LogP) is 4.20. The molecule has 0 amide bonds. The summed E-state index contributed by atoms with van der Waals surface area (Å²) in [6.45, 7) is 1.46. The molecule has 0 saturated carbocycles. The summed E-state index contributed by atoms with van der Waals surface area (Å²) in [6, 6.07) is 16.1. The average Bonchev–Trinajstić information content (AvgIpc) is 2.80. The van der Waals surface area contributed by atoms with Crippen molar-refractivity contribution in [2.45, 2.75) is 25.9 Å². The summed E-state index contributed by atoms with van der Waals surface area (Å²) in [5.41, 5.74) is 3.56. The lowest BCUT2D eigenvalue weighted by Gasteiger charge is -2.10. The van der Waals surface area contributed by atoms with Gasteiger partial charge in [-0.05, 0) is 30.5 Å². The van der Waals surface area contributed by atoms with Crippen LogP contribution in [0.25, 0.3) is 6.08 Å². The van der Waals surface area contributed by atoms with Crippen molar-refractivity contribution in [3.8, 4) is 11.5 Å². The van der Waals surface area contributed by atoms with E-state index in [0.717, 1.165) is 41.9 Å². The maximum Gasteiger partial charge on any atom is 0.130 e. The van der Waals surface area contributed by atoms with Gasteiger partial charge in [0.05, 0.1) is 6.61 Å². The van der Waals surface area contributed by atoms with Crippen molar-refractivity contribution < 1.29 is 14.6 Å². The molecule has 0 saturated heterocycles. The van der Waals surface area contributed by atoms with E-state index < -0.39 is 0 Å². The molecule has 120 valence electrons. The number of ether oxygens (including phenoxy) is 2. The van der Waals surface area contributed by atoms with E-state index in [4.69, 9.17) is 14.6 Å². The van der Waals surface area contributed by atoms with Gasteiger partial charge in [-0.2, -0.15) is 0 Å². The topological polar surface area (TPSA) is 38.7 Å². The molecular weight excluding hydrogens is 288 g/mol. The molecule has 2 aromatic rings. The Hall–Kier alpha value is -2.26. The zero-order chi connectivity index (χ0) is 15.9. The summed E-state index contributed by atoms with van der Waals surface area (Å²) in [7, 11) is 0. The Morgan fingerprint density at radius 2 is 1.96 bits per heavy atom. The van der Waals surface area contributed by atoms with Gasteiger partial charge in [0.1, 0.15) is 18.1 Å². The lowest BCUT2D eigenvalue weighted by Crippen LogP contribution is -1.99. The van der Waals surface area contributed by atoms with E-state index in [-0.39, 0.29) is 6.61 Å². The minimum absolute atomic E-state index is 0.233. The maximum atomic E-state index is 8.98. The van der Waals surface area contributed by atoms with Crippen molar-refractivity contribution in [3.63, 3.8) is 0 Å². The van der Waals surface area contributed by atoms with Crippen LogP contribution in [0.3, 0.4) is 0 Å². The predicted molar refractivity (Wildman–Crippen MR) is 91.6 cm³/mol. The van der Waals surface area contributed by atoms with Gasteiger partial charge in [-0.15, -0.1) is 0 Å². The van der Waals surface area contributed by atoms with E-state index in [1.165, 1.54) is 5.57 Å². The molecular formula is C20H22O3. The Balaban J connectivity index is 1.69. The van der Waals surface area contributed by atoms with Gasteiger partial charge in [0.15, 0.2) is 0 Å². The molecule has 0 aromatic heterocycles. The SMILES string of the molecule is OCCCC1=Cc2ccc(OCc3ccccc3)cc2OCC1. The second-order valence-corrected chi connectivity index (χ2v) is 5.70. The van der Waals surface area contributed by atoms with E-state index in [2.05, 4.69) is 18.2 Å². The third-order valence-electron chi connectivity index (χ3n) is 3.93. The fourth-order valence-electron chi connectivity index (χ4n) is 2.68. The van der Waals surface area contributed by atoms with Crippen LogP contribution in [0.4, 0.5) is 0 Å². The van der Waals surface area contributed by atoms with Crippen molar-refractivity contribution in [3.05, 3.63) is 65.2 Å². The highest BCUT2D eigenvalue weighted by atomic mass is 16.5. The van der Waals surface area contributed by atoms with Crippen molar-refractivity contribution in [2.75, 3.05) is 13.2 Å². The summed E-state index contributed by atoms with van der Waals surface area (Å²) in [6.07, 6.45) is 4.82. The zero-order valence-electron chi connectivity index (χ0n) is 13.2. The molecule has 0 spiro atoms. The second kappa shape index (κ2) is 7.84. The second-order valence-electron chi connectivity index (χ2n) is 5.70. The van der Waals surface area contributed by atoms with Gasteiger partial charge in [-0.1, -0.05) is 42.0 Å². The van der Waals surface area contributed by atoms with Crippen molar-refractivity contribution in [1.82, 2.24) is 0 Å². The Kier molecular flexibility index (Phi) is 5.33. The standard InChI is InChI=1S/C20H22O3/c21-11-4-7-16-10-12-22-20-14-19(9-8-18(20)13-16)23-15-17-5-2-1-3-6-17/h1-3,5-6,8-9,13-14,21H,4,7,10-12,15H2. The third kappa shape index (κ3) is 4.36. The highest BCUT2D eigenvalue weighted by molar-refractivity contribution is 5.62. The fraction of sp³-hybridized carbons (Fsp3) is 0.300. The molecule has 1 N–H and O–H groups in total. The zero-order valence-corrected chi connectivity index (χ0v) is 13.2. The summed E-state index contributed by atoms with van der Waals surface area (Å²) in [4.78, 5) is 0. The average molecular weight is 310 g/mol. The molecule has 3 rings (SSSR count). The Morgan fingerprint density at radius 3 is 2.78 bits per heavy atom. The number of fused-ring (bicyclic) bond motifs is 1. The lowest BCUT2D eigenvalue weighted by molar-refractivity contribution is 0.284. The van der Waals surface area contributed by atoms with E-state index in [1.807, 2.05) is 36.4 Å². The molecule has 0 fully saturated rings. The highest BCUT2D eigenvalue weighted by Gasteiger charge is 2.11. The molecule has 1 heterocycles. The maximum absolute atomic E-state index is 8.98. The number of rotatable bonds is 6. The van der Waals surface area contributed by atoms with E-state index >= 15 is 0 Å². The van der Waals surface area contributed by atoms with Crippen LogP contribution in [-0.2, 0) is 6.61 Å². The van der Waals surface area contributed by atoms with Crippen LogP contribution < -0.4 is 9.47 Å². The largest absolute Gasteiger partial charge is 0.492 e. The molecule has 2 aromatic carbocycles. The molecule has 3 heteroatoms. The number of hydrogen-bond acceptors (Lipinski definition) is 3. The van der Waals surface area contributed by atoms with E-state index in [1.54, 1.807) is 0 Å². The molecule has 1 aliphatic rings. The molecule has 3 nitrogen and oxygen atoms in total. The normalized spacial score (nSPS) is 13.5. The Morgan fingerprint density at radius 1 is 1.09 bits per heavy atom. The quantitative estimate of drug-likeness (QED) is 0.869.